The van der Waals surface area contributed by atoms with Crippen molar-refractivity contribution in [3.63, 3.8) is 0 Å². The van der Waals surface area contributed by atoms with Crippen LogP contribution >= 0.6 is 11.6 Å². The van der Waals surface area contributed by atoms with Crippen molar-refractivity contribution in [3.05, 3.63) is 34.3 Å². The first kappa shape index (κ1) is 11.5. The largest absolute Gasteiger partial charge is 0.271 e. The van der Waals surface area contributed by atoms with Gasteiger partial charge in [0.15, 0.2) is 0 Å². The molecule has 0 aliphatic heterocycles. The van der Waals surface area contributed by atoms with E-state index in [1.165, 1.54) is 5.56 Å². The van der Waals surface area contributed by atoms with E-state index in [1.54, 1.807) is 0 Å². The Morgan fingerprint density at radius 2 is 2.21 bits per heavy atom. The van der Waals surface area contributed by atoms with Gasteiger partial charge in [0.25, 0.3) is 0 Å². The Kier molecular flexibility index (Phi) is 4.39. The molecule has 0 aromatic heterocycles. The van der Waals surface area contributed by atoms with Crippen LogP contribution in [0.3, 0.4) is 0 Å². The third-order valence-corrected chi connectivity index (χ3v) is 2.64. The quantitative estimate of drug-likeness (QED) is 0.595. The first-order valence-corrected chi connectivity index (χ1v) is 5.29. The molecule has 1 rings (SSSR count). The number of nitrogens with one attached hydrogen (secondary N) is 1. The predicted octanol–water partition coefficient (Wildman–Crippen LogP) is 2.95. The molecule has 0 heterocycles. The lowest BCUT2D eigenvalue weighted by Gasteiger charge is -2.17. The van der Waals surface area contributed by atoms with Gasteiger partial charge in [0.05, 0.1) is 0 Å². The van der Waals surface area contributed by atoms with E-state index in [4.69, 9.17) is 17.4 Å². The molecule has 0 aliphatic carbocycles. The molecule has 78 valence electrons. The molecule has 1 unspecified atom stereocenters. The van der Waals surface area contributed by atoms with Gasteiger partial charge >= 0.3 is 0 Å². The van der Waals surface area contributed by atoms with Crippen molar-refractivity contribution in [1.82, 2.24) is 5.43 Å². The fourth-order valence-corrected chi connectivity index (χ4v) is 1.90. The molecule has 3 heteroatoms. The zero-order chi connectivity index (χ0) is 10.6. The van der Waals surface area contributed by atoms with E-state index in [-0.39, 0.29) is 6.04 Å². The average molecular weight is 213 g/mol. The average Bonchev–Trinajstić information content (AvgIpc) is 2.15. The number of hydrogen-bond acceptors (Lipinski definition) is 2. The van der Waals surface area contributed by atoms with Crippen molar-refractivity contribution in [3.8, 4) is 0 Å². The van der Waals surface area contributed by atoms with Gasteiger partial charge in [-0.3, -0.25) is 11.3 Å². The Labute approximate surface area is 90.4 Å². The molecule has 0 spiro atoms. The molecular formula is C11H17ClN2. The highest BCUT2D eigenvalue weighted by Gasteiger charge is 2.11. The van der Waals surface area contributed by atoms with Crippen LogP contribution in [0.2, 0.25) is 5.02 Å². The highest BCUT2D eigenvalue weighted by molar-refractivity contribution is 6.31. The molecule has 0 saturated heterocycles. The lowest BCUT2D eigenvalue weighted by Crippen LogP contribution is -2.28. The maximum absolute atomic E-state index is 6.14. The second kappa shape index (κ2) is 5.35. The molecule has 3 N–H and O–H groups in total. The van der Waals surface area contributed by atoms with Gasteiger partial charge in [-0.05, 0) is 30.5 Å². The third kappa shape index (κ3) is 2.71. The number of halogens is 1. The van der Waals surface area contributed by atoms with Crippen LogP contribution < -0.4 is 11.3 Å². The maximum Gasteiger partial charge on any atom is 0.0474 e. The van der Waals surface area contributed by atoms with E-state index < -0.39 is 0 Å². The van der Waals surface area contributed by atoms with Crippen molar-refractivity contribution in [2.75, 3.05) is 0 Å². The van der Waals surface area contributed by atoms with Gasteiger partial charge in [-0.2, -0.15) is 0 Å². The van der Waals surface area contributed by atoms with E-state index in [0.717, 1.165) is 23.4 Å². The van der Waals surface area contributed by atoms with Crippen LogP contribution in [0, 0.1) is 6.92 Å². The molecule has 0 amide bonds. The molecule has 1 aromatic rings. The minimum Gasteiger partial charge on any atom is -0.271 e. The van der Waals surface area contributed by atoms with Crippen molar-refractivity contribution < 1.29 is 0 Å². The van der Waals surface area contributed by atoms with Gasteiger partial charge in [-0.25, -0.2) is 0 Å². The number of benzene rings is 1. The zero-order valence-electron chi connectivity index (χ0n) is 8.68. The SMILES string of the molecule is CCCC(NN)c1ccc(C)cc1Cl. The van der Waals surface area contributed by atoms with E-state index in [9.17, 15) is 0 Å². The van der Waals surface area contributed by atoms with Crippen molar-refractivity contribution in [2.45, 2.75) is 32.7 Å². The summed E-state index contributed by atoms with van der Waals surface area (Å²) in [5, 5.41) is 0.793. The first-order chi connectivity index (χ1) is 6.69. The molecule has 0 radical (unpaired) electrons. The number of aryl methyl sites for hydroxylation is 1. The van der Waals surface area contributed by atoms with Gasteiger partial charge in [0.1, 0.15) is 0 Å². The van der Waals surface area contributed by atoms with Crippen molar-refractivity contribution in [2.24, 2.45) is 5.84 Å². The summed E-state index contributed by atoms with van der Waals surface area (Å²) < 4.78 is 0. The topological polar surface area (TPSA) is 38.0 Å². The fraction of sp³-hybridized carbons (Fsp3) is 0.455. The third-order valence-electron chi connectivity index (χ3n) is 2.31. The van der Waals surface area contributed by atoms with E-state index >= 15 is 0 Å². The van der Waals surface area contributed by atoms with Gasteiger partial charge in [0, 0.05) is 11.1 Å². The summed E-state index contributed by atoms with van der Waals surface area (Å²) in [6, 6.07) is 6.23. The van der Waals surface area contributed by atoms with E-state index in [0.29, 0.717) is 0 Å². The summed E-state index contributed by atoms with van der Waals surface area (Å²) in [6.07, 6.45) is 2.08. The lowest BCUT2D eigenvalue weighted by molar-refractivity contribution is 0.510. The molecule has 2 nitrogen and oxygen atoms in total. The number of hydrogen-bond donors (Lipinski definition) is 2. The zero-order valence-corrected chi connectivity index (χ0v) is 9.43. The van der Waals surface area contributed by atoms with Crippen LogP contribution in [0.15, 0.2) is 18.2 Å². The molecule has 0 fully saturated rings. The summed E-state index contributed by atoms with van der Waals surface area (Å²) in [5.41, 5.74) is 5.05. The maximum atomic E-state index is 6.14. The Morgan fingerprint density at radius 3 is 2.71 bits per heavy atom. The molecule has 1 aromatic carbocycles. The molecule has 0 saturated carbocycles. The molecule has 14 heavy (non-hydrogen) atoms. The Hall–Kier alpha value is -0.570. The van der Waals surface area contributed by atoms with Gasteiger partial charge < -0.3 is 0 Å². The van der Waals surface area contributed by atoms with Crippen LogP contribution in [0.4, 0.5) is 0 Å². The fourth-order valence-electron chi connectivity index (χ4n) is 1.53. The van der Waals surface area contributed by atoms with E-state index in [2.05, 4.69) is 18.4 Å². The highest BCUT2D eigenvalue weighted by atomic mass is 35.5. The highest BCUT2D eigenvalue weighted by Crippen LogP contribution is 2.26. The van der Waals surface area contributed by atoms with Crippen molar-refractivity contribution >= 4 is 11.6 Å². The van der Waals surface area contributed by atoms with Crippen LogP contribution in [-0.4, -0.2) is 0 Å². The summed E-state index contributed by atoms with van der Waals surface area (Å²) in [6.45, 7) is 4.16. The molecule has 0 bridgehead atoms. The summed E-state index contributed by atoms with van der Waals surface area (Å²) in [5.74, 6) is 5.49. The second-order valence-corrected chi connectivity index (χ2v) is 3.94. The Bertz CT molecular complexity index is 299. The monoisotopic (exact) mass is 212 g/mol. The Balaban J connectivity index is 2.92. The van der Waals surface area contributed by atoms with Gasteiger partial charge in [0.2, 0.25) is 0 Å². The van der Waals surface area contributed by atoms with Crippen LogP contribution in [-0.2, 0) is 0 Å². The standard InChI is InChI=1S/C11H17ClN2/c1-3-4-11(14-13)9-6-5-8(2)7-10(9)12/h5-7,11,14H,3-4,13H2,1-2H3. The van der Waals surface area contributed by atoms with Crippen LogP contribution in [0.5, 0.6) is 0 Å². The molecule has 0 aliphatic rings. The minimum atomic E-state index is 0.160. The normalized spacial score (nSPS) is 12.9. The molecule has 1 atom stereocenters. The minimum absolute atomic E-state index is 0.160. The number of hydrazine groups is 1. The van der Waals surface area contributed by atoms with Crippen LogP contribution in [0.25, 0.3) is 0 Å². The van der Waals surface area contributed by atoms with E-state index in [1.807, 2.05) is 19.1 Å². The van der Waals surface area contributed by atoms with Gasteiger partial charge in [-0.15, -0.1) is 0 Å². The van der Waals surface area contributed by atoms with Gasteiger partial charge in [-0.1, -0.05) is 37.1 Å². The number of nitrogens with two attached hydrogens (primary N) is 1. The first-order valence-electron chi connectivity index (χ1n) is 4.91. The Morgan fingerprint density at radius 1 is 1.50 bits per heavy atom. The predicted molar refractivity (Wildman–Crippen MR) is 61.2 cm³/mol. The number of rotatable bonds is 4. The second-order valence-electron chi connectivity index (χ2n) is 3.53. The van der Waals surface area contributed by atoms with Crippen molar-refractivity contribution in [1.29, 1.82) is 0 Å². The van der Waals surface area contributed by atoms with Crippen LogP contribution in [0.1, 0.15) is 36.9 Å². The lowest BCUT2D eigenvalue weighted by atomic mass is 10.0. The summed E-state index contributed by atoms with van der Waals surface area (Å²) >= 11 is 6.14. The molecular weight excluding hydrogens is 196 g/mol. The smallest absolute Gasteiger partial charge is 0.0474 e. The summed E-state index contributed by atoms with van der Waals surface area (Å²) in [7, 11) is 0. The summed E-state index contributed by atoms with van der Waals surface area (Å²) in [4.78, 5) is 0.